The van der Waals surface area contributed by atoms with Gasteiger partial charge < -0.3 is 5.11 Å². The van der Waals surface area contributed by atoms with Crippen LogP contribution in [0.4, 0.5) is 0 Å². The van der Waals surface area contributed by atoms with Crippen molar-refractivity contribution in [1.82, 2.24) is 0 Å². The summed E-state index contributed by atoms with van der Waals surface area (Å²) in [6.45, 7) is 2.04. The van der Waals surface area contributed by atoms with Gasteiger partial charge >= 0.3 is 5.97 Å². The Morgan fingerprint density at radius 1 is 1.41 bits per heavy atom. The number of halogens is 1. The molecule has 0 amide bonds. The molecular formula is C14H17ClO2. The lowest BCUT2D eigenvalue weighted by molar-refractivity contribution is -0.144. The van der Waals surface area contributed by atoms with Gasteiger partial charge in [0.15, 0.2) is 0 Å². The zero-order valence-corrected chi connectivity index (χ0v) is 10.7. The molecule has 0 spiro atoms. The van der Waals surface area contributed by atoms with Crippen molar-refractivity contribution in [3.63, 3.8) is 0 Å². The van der Waals surface area contributed by atoms with Crippen LogP contribution in [0.3, 0.4) is 0 Å². The van der Waals surface area contributed by atoms with Gasteiger partial charge in [-0.15, -0.1) is 0 Å². The second-order valence-electron chi connectivity index (χ2n) is 4.99. The molecule has 0 saturated heterocycles. The highest BCUT2D eigenvalue weighted by molar-refractivity contribution is 6.30. The lowest BCUT2D eigenvalue weighted by Gasteiger charge is -2.32. The first kappa shape index (κ1) is 12.4. The van der Waals surface area contributed by atoms with E-state index >= 15 is 0 Å². The smallest absolute Gasteiger partial charge is 0.306 e. The van der Waals surface area contributed by atoms with Gasteiger partial charge in [-0.25, -0.2) is 0 Å². The SMILES string of the molecule is C[C@@H]1C[C@H](c2cccc(Cl)c2)CC[C@H]1C(=O)O. The molecule has 0 aliphatic heterocycles. The van der Waals surface area contributed by atoms with E-state index in [1.807, 2.05) is 25.1 Å². The summed E-state index contributed by atoms with van der Waals surface area (Å²) in [6.07, 6.45) is 2.66. The third-order valence-electron chi connectivity index (χ3n) is 3.81. The number of carbonyl (C=O) groups is 1. The minimum atomic E-state index is -0.651. The summed E-state index contributed by atoms with van der Waals surface area (Å²) < 4.78 is 0. The molecule has 1 aliphatic rings. The fourth-order valence-electron chi connectivity index (χ4n) is 2.83. The van der Waals surface area contributed by atoms with Crippen LogP contribution in [-0.4, -0.2) is 11.1 Å². The van der Waals surface area contributed by atoms with E-state index in [2.05, 4.69) is 6.07 Å². The maximum atomic E-state index is 11.0. The van der Waals surface area contributed by atoms with Crippen molar-refractivity contribution >= 4 is 17.6 Å². The summed E-state index contributed by atoms with van der Waals surface area (Å²) in [6, 6.07) is 7.92. The highest BCUT2D eigenvalue weighted by Crippen LogP contribution is 2.39. The first-order chi connectivity index (χ1) is 8.08. The van der Waals surface area contributed by atoms with E-state index in [0.29, 0.717) is 5.92 Å². The Morgan fingerprint density at radius 2 is 2.18 bits per heavy atom. The van der Waals surface area contributed by atoms with Gasteiger partial charge in [-0.3, -0.25) is 4.79 Å². The van der Waals surface area contributed by atoms with E-state index < -0.39 is 5.97 Å². The molecule has 17 heavy (non-hydrogen) atoms. The number of hydrogen-bond donors (Lipinski definition) is 1. The standard InChI is InChI=1S/C14H17ClO2/c1-9-7-11(5-6-13(9)14(16)17)10-3-2-4-12(15)8-10/h2-4,8-9,11,13H,5-7H2,1H3,(H,16,17)/t9-,11-,13-/m1/s1. The highest BCUT2D eigenvalue weighted by Gasteiger charge is 2.32. The largest absolute Gasteiger partial charge is 0.481 e. The molecule has 1 aromatic carbocycles. The van der Waals surface area contributed by atoms with Gasteiger partial charge in [0.25, 0.3) is 0 Å². The van der Waals surface area contributed by atoms with E-state index in [1.165, 1.54) is 5.56 Å². The van der Waals surface area contributed by atoms with Gasteiger partial charge in [0.2, 0.25) is 0 Å². The Balaban J connectivity index is 2.09. The molecule has 0 heterocycles. The van der Waals surface area contributed by atoms with Crippen molar-refractivity contribution in [3.05, 3.63) is 34.9 Å². The zero-order chi connectivity index (χ0) is 12.4. The summed E-state index contributed by atoms with van der Waals surface area (Å²) in [4.78, 5) is 11.0. The summed E-state index contributed by atoms with van der Waals surface area (Å²) in [7, 11) is 0. The quantitative estimate of drug-likeness (QED) is 0.866. The van der Waals surface area contributed by atoms with Crippen molar-refractivity contribution in [2.45, 2.75) is 32.1 Å². The van der Waals surface area contributed by atoms with E-state index in [-0.39, 0.29) is 11.8 Å². The lowest BCUT2D eigenvalue weighted by atomic mass is 9.73. The molecule has 2 nitrogen and oxygen atoms in total. The average Bonchev–Trinajstić information content (AvgIpc) is 2.28. The number of rotatable bonds is 2. The molecule has 3 heteroatoms. The summed E-state index contributed by atoms with van der Waals surface area (Å²) in [5.41, 5.74) is 1.24. The molecule has 0 unspecified atom stereocenters. The van der Waals surface area contributed by atoms with Crippen LogP contribution >= 0.6 is 11.6 Å². The van der Waals surface area contributed by atoms with Gasteiger partial charge in [-0.1, -0.05) is 30.7 Å². The van der Waals surface area contributed by atoms with Crippen LogP contribution in [0.2, 0.25) is 5.02 Å². The number of carboxylic acid groups (broad SMARTS) is 1. The molecular weight excluding hydrogens is 236 g/mol. The van der Waals surface area contributed by atoms with Crippen molar-refractivity contribution < 1.29 is 9.90 Å². The summed E-state index contributed by atoms with van der Waals surface area (Å²) >= 11 is 5.99. The second kappa shape index (κ2) is 5.09. The molecule has 3 atom stereocenters. The van der Waals surface area contributed by atoms with Crippen molar-refractivity contribution in [3.8, 4) is 0 Å². The van der Waals surface area contributed by atoms with E-state index in [1.54, 1.807) is 0 Å². The van der Waals surface area contributed by atoms with Crippen LogP contribution < -0.4 is 0 Å². The summed E-state index contributed by atoms with van der Waals surface area (Å²) in [5, 5.41) is 9.85. The van der Waals surface area contributed by atoms with Gasteiger partial charge in [0, 0.05) is 5.02 Å². The van der Waals surface area contributed by atoms with Crippen molar-refractivity contribution in [2.24, 2.45) is 11.8 Å². The zero-order valence-electron chi connectivity index (χ0n) is 9.90. The monoisotopic (exact) mass is 252 g/mol. The first-order valence-corrected chi connectivity index (χ1v) is 6.44. The van der Waals surface area contributed by atoms with Crippen molar-refractivity contribution in [2.75, 3.05) is 0 Å². The molecule has 0 radical (unpaired) electrons. The van der Waals surface area contributed by atoms with E-state index in [4.69, 9.17) is 16.7 Å². The Hall–Kier alpha value is -1.02. The fourth-order valence-corrected chi connectivity index (χ4v) is 3.03. The maximum Gasteiger partial charge on any atom is 0.306 e. The Bertz CT molecular complexity index is 416. The van der Waals surface area contributed by atoms with E-state index in [9.17, 15) is 4.79 Å². The predicted octanol–water partition coefficient (Wildman–Crippen LogP) is 3.94. The fraction of sp³-hybridized carbons (Fsp3) is 0.500. The second-order valence-corrected chi connectivity index (χ2v) is 5.42. The molecule has 1 aliphatic carbocycles. The van der Waals surface area contributed by atoms with Crippen LogP contribution in [0.1, 0.15) is 37.7 Å². The van der Waals surface area contributed by atoms with Crippen LogP contribution in [0.5, 0.6) is 0 Å². The van der Waals surface area contributed by atoms with Crippen LogP contribution in [-0.2, 0) is 4.79 Å². The number of benzene rings is 1. The molecule has 92 valence electrons. The maximum absolute atomic E-state index is 11.0. The minimum absolute atomic E-state index is 0.176. The van der Waals surface area contributed by atoms with Crippen molar-refractivity contribution in [1.29, 1.82) is 0 Å². The molecule has 0 bridgehead atoms. The molecule has 2 rings (SSSR count). The van der Waals surface area contributed by atoms with Crippen LogP contribution in [0.15, 0.2) is 24.3 Å². The number of hydrogen-bond acceptors (Lipinski definition) is 1. The molecule has 1 fully saturated rings. The Kier molecular flexibility index (Phi) is 3.72. The van der Waals surface area contributed by atoms with Crippen LogP contribution in [0, 0.1) is 11.8 Å². The molecule has 1 N–H and O–H groups in total. The normalized spacial score (nSPS) is 28.9. The minimum Gasteiger partial charge on any atom is -0.481 e. The molecule has 1 saturated carbocycles. The number of aliphatic carboxylic acids is 1. The van der Waals surface area contributed by atoms with Crippen LogP contribution in [0.25, 0.3) is 0 Å². The Morgan fingerprint density at radius 3 is 2.76 bits per heavy atom. The van der Waals surface area contributed by atoms with Gasteiger partial charge in [-0.05, 0) is 48.8 Å². The van der Waals surface area contributed by atoms with Gasteiger partial charge in [-0.2, -0.15) is 0 Å². The summed E-state index contributed by atoms with van der Waals surface area (Å²) in [5.74, 6) is -0.128. The first-order valence-electron chi connectivity index (χ1n) is 6.06. The molecule has 0 aromatic heterocycles. The molecule has 1 aromatic rings. The lowest BCUT2D eigenvalue weighted by Crippen LogP contribution is -2.28. The third-order valence-corrected chi connectivity index (χ3v) is 4.04. The van der Waals surface area contributed by atoms with Gasteiger partial charge in [0.1, 0.15) is 0 Å². The topological polar surface area (TPSA) is 37.3 Å². The third kappa shape index (κ3) is 2.81. The average molecular weight is 253 g/mol. The Labute approximate surface area is 107 Å². The number of carboxylic acids is 1. The van der Waals surface area contributed by atoms with E-state index in [0.717, 1.165) is 24.3 Å². The highest BCUT2D eigenvalue weighted by atomic mass is 35.5. The predicted molar refractivity (Wildman–Crippen MR) is 68.3 cm³/mol. The van der Waals surface area contributed by atoms with Gasteiger partial charge in [0.05, 0.1) is 5.92 Å².